The third kappa shape index (κ3) is 1.75. The molecule has 0 saturated heterocycles. The molecule has 92 valence electrons. The highest BCUT2D eigenvalue weighted by Crippen LogP contribution is 2.34. The summed E-state index contributed by atoms with van der Waals surface area (Å²) in [4.78, 5) is 13.4. The van der Waals surface area contributed by atoms with Gasteiger partial charge in [-0.05, 0) is 23.6 Å². The van der Waals surface area contributed by atoms with Crippen molar-refractivity contribution in [3.8, 4) is 0 Å². The van der Waals surface area contributed by atoms with E-state index in [1.54, 1.807) is 34.0 Å². The van der Waals surface area contributed by atoms with Crippen molar-refractivity contribution in [3.05, 3.63) is 57.6 Å². The Balaban J connectivity index is 1.87. The minimum atomic E-state index is 0.144. The highest BCUT2D eigenvalue weighted by molar-refractivity contribution is 7.28. The van der Waals surface area contributed by atoms with Gasteiger partial charge in [-0.25, -0.2) is 0 Å². The Morgan fingerprint density at radius 2 is 1.84 bits per heavy atom. The van der Waals surface area contributed by atoms with Crippen LogP contribution in [0.25, 0.3) is 19.5 Å². The summed E-state index contributed by atoms with van der Waals surface area (Å²) >= 11 is 4.90. The van der Waals surface area contributed by atoms with Crippen LogP contribution in [-0.2, 0) is 0 Å². The molecular formula is C15H8OS3. The van der Waals surface area contributed by atoms with Crippen LogP contribution in [0, 0.1) is 0 Å². The fourth-order valence-corrected chi connectivity index (χ4v) is 5.17. The van der Waals surface area contributed by atoms with Crippen LogP contribution in [0.1, 0.15) is 15.2 Å². The van der Waals surface area contributed by atoms with E-state index in [1.807, 2.05) is 29.6 Å². The van der Waals surface area contributed by atoms with Gasteiger partial charge in [0.25, 0.3) is 0 Å². The second kappa shape index (κ2) is 4.27. The smallest absolute Gasteiger partial charge is 0.204 e. The van der Waals surface area contributed by atoms with Gasteiger partial charge in [-0.2, -0.15) is 0 Å². The number of benzene rings is 1. The van der Waals surface area contributed by atoms with Crippen LogP contribution in [0.3, 0.4) is 0 Å². The van der Waals surface area contributed by atoms with E-state index in [1.165, 1.54) is 14.1 Å². The summed E-state index contributed by atoms with van der Waals surface area (Å²) in [5.41, 5.74) is 0.828. The lowest BCUT2D eigenvalue weighted by molar-refractivity contribution is 0.104. The van der Waals surface area contributed by atoms with Crippen molar-refractivity contribution in [1.29, 1.82) is 0 Å². The Morgan fingerprint density at radius 1 is 0.947 bits per heavy atom. The zero-order chi connectivity index (χ0) is 12.8. The Hall–Kier alpha value is -1.49. The number of hydrogen-bond donors (Lipinski definition) is 0. The molecule has 0 aliphatic heterocycles. The molecular weight excluding hydrogens is 292 g/mol. The molecule has 0 atom stereocenters. The molecule has 4 heteroatoms. The first-order chi connectivity index (χ1) is 9.33. The topological polar surface area (TPSA) is 17.1 Å². The van der Waals surface area contributed by atoms with Gasteiger partial charge in [0.1, 0.15) is 0 Å². The average molecular weight is 300 g/mol. The maximum absolute atomic E-state index is 12.6. The van der Waals surface area contributed by atoms with E-state index in [4.69, 9.17) is 0 Å². The fraction of sp³-hybridized carbons (Fsp3) is 0. The van der Waals surface area contributed by atoms with Crippen molar-refractivity contribution >= 4 is 59.3 Å². The van der Waals surface area contributed by atoms with E-state index in [0.717, 1.165) is 15.8 Å². The highest BCUT2D eigenvalue weighted by atomic mass is 32.1. The van der Waals surface area contributed by atoms with Crippen LogP contribution < -0.4 is 0 Å². The van der Waals surface area contributed by atoms with E-state index in [-0.39, 0.29) is 5.78 Å². The van der Waals surface area contributed by atoms with Gasteiger partial charge < -0.3 is 0 Å². The molecule has 4 aromatic rings. The lowest BCUT2D eigenvalue weighted by atomic mass is 10.1. The van der Waals surface area contributed by atoms with Gasteiger partial charge in [-0.1, -0.05) is 18.2 Å². The number of rotatable bonds is 2. The van der Waals surface area contributed by atoms with Crippen molar-refractivity contribution < 1.29 is 4.79 Å². The van der Waals surface area contributed by atoms with Gasteiger partial charge in [0.05, 0.1) is 4.88 Å². The molecule has 0 unspecified atom stereocenters. The first-order valence-electron chi connectivity index (χ1n) is 5.81. The SMILES string of the molecule is O=C(c1cc2sccc2s1)c1csc2ccccc12. The minimum absolute atomic E-state index is 0.144. The normalized spacial score (nSPS) is 11.4. The first-order valence-corrected chi connectivity index (χ1v) is 8.38. The molecule has 0 aliphatic carbocycles. The number of thiophene rings is 3. The largest absolute Gasteiger partial charge is 0.288 e. The van der Waals surface area contributed by atoms with Gasteiger partial charge in [0.15, 0.2) is 0 Å². The molecule has 3 heterocycles. The highest BCUT2D eigenvalue weighted by Gasteiger charge is 2.16. The van der Waals surface area contributed by atoms with E-state index < -0.39 is 0 Å². The molecule has 1 aromatic carbocycles. The zero-order valence-corrected chi connectivity index (χ0v) is 12.2. The summed E-state index contributed by atoms with van der Waals surface area (Å²) in [7, 11) is 0. The molecule has 0 bridgehead atoms. The lowest BCUT2D eigenvalue weighted by Gasteiger charge is -1.95. The number of carbonyl (C=O) groups is 1. The second-order valence-electron chi connectivity index (χ2n) is 4.23. The summed E-state index contributed by atoms with van der Waals surface area (Å²) in [6.45, 7) is 0. The van der Waals surface area contributed by atoms with Gasteiger partial charge in [-0.3, -0.25) is 4.79 Å². The van der Waals surface area contributed by atoms with Crippen LogP contribution in [0.5, 0.6) is 0 Å². The van der Waals surface area contributed by atoms with E-state index in [9.17, 15) is 4.79 Å². The first kappa shape index (κ1) is 11.3. The molecule has 0 amide bonds. The average Bonchev–Trinajstić information content (AvgIpc) is 3.11. The predicted molar refractivity (Wildman–Crippen MR) is 85.0 cm³/mol. The Morgan fingerprint density at radius 3 is 2.74 bits per heavy atom. The molecule has 0 fully saturated rings. The van der Waals surface area contributed by atoms with Gasteiger partial charge >= 0.3 is 0 Å². The van der Waals surface area contributed by atoms with Crippen molar-refractivity contribution in [3.63, 3.8) is 0 Å². The molecule has 0 saturated carbocycles. The van der Waals surface area contributed by atoms with E-state index >= 15 is 0 Å². The minimum Gasteiger partial charge on any atom is -0.288 e. The number of ketones is 1. The van der Waals surface area contributed by atoms with Crippen LogP contribution in [0.15, 0.2) is 47.2 Å². The summed E-state index contributed by atoms with van der Waals surface area (Å²) in [6, 6.07) is 12.2. The quantitative estimate of drug-likeness (QED) is 0.452. The molecule has 4 rings (SSSR count). The molecule has 19 heavy (non-hydrogen) atoms. The summed E-state index contributed by atoms with van der Waals surface area (Å²) in [5, 5.41) is 5.10. The summed E-state index contributed by atoms with van der Waals surface area (Å²) in [5.74, 6) is 0.144. The molecule has 1 nitrogen and oxygen atoms in total. The van der Waals surface area contributed by atoms with Crippen LogP contribution >= 0.6 is 34.0 Å². The van der Waals surface area contributed by atoms with E-state index in [0.29, 0.717) is 0 Å². The van der Waals surface area contributed by atoms with Gasteiger partial charge in [-0.15, -0.1) is 34.0 Å². The third-order valence-corrected chi connectivity index (χ3v) is 6.14. The molecule has 3 aromatic heterocycles. The lowest BCUT2D eigenvalue weighted by Crippen LogP contribution is -1.96. The standard InChI is InChI=1S/C15H8OS3/c16-15(14-7-13-12(19-14)5-6-17-13)10-8-18-11-4-2-1-3-9(10)11/h1-8H. The maximum Gasteiger partial charge on any atom is 0.204 e. The Kier molecular flexibility index (Phi) is 2.55. The van der Waals surface area contributed by atoms with E-state index in [2.05, 4.69) is 17.5 Å². The molecule has 0 spiro atoms. The Bertz CT molecular complexity index is 866. The van der Waals surface area contributed by atoms with Crippen molar-refractivity contribution in [2.24, 2.45) is 0 Å². The second-order valence-corrected chi connectivity index (χ2v) is 7.18. The molecule has 0 aliphatic rings. The van der Waals surface area contributed by atoms with Crippen molar-refractivity contribution in [2.45, 2.75) is 0 Å². The molecule has 0 radical (unpaired) electrons. The number of carbonyl (C=O) groups excluding carboxylic acids is 1. The monoisotopic (exact) mass is 300 g/mol. The predicted octanol–water partition coefficient (Wildman–Crippen LogP) is 5.41. The Labute approximate surface area is 121 Å². The molecule has 0 N–H and O–H groups in total. The van der Waals surface area contributed by atoms with Gasteiger partial charge in [0.2, 0.25) is 5.78 Å². The van der Waals surface area contributed by atoms with Crippen molar-refractivity contribution in [2.75, 3.05) is 0 Å². The zero-order valence-electron chi connectivity index (χ0n) is 9.75. The van der Waals surface area contributed by atoms with Gasteiger partial charge in [0, 0.05) is 30.4 Å². The maximum atomic E-state index is 12.6. The van der Waals surface area contributed by atoms with Crippen molar-refractivity contribution in [1.82, 2.24) is 0 Å². The number of hydrogen-bond acceptors (Lipinski definition) is 4. The van der Waals surface area contributed by atoms with Crippen LogP contribution in [0.4, 0.5) is 0 Å². The van der Waals surface area contributed by atoms with Crippen LogP contribution in [-0.4, -0.2) is 5.78 Å². The third-order valence-electron chi connectivity index (χ3n) is 3.09. The summed E-state index contributed by atoms with van der Waals surface area (Å²) in [6.07, 6.45) is 0. The number of fused-ring (bicyclic) bond motifs is 2. The summed E-state index contributed by atoms with van der Waals surface area (Å²) < 4.78 is 3.57. The fourth-order valence-electron chi connectivity index (χ4n) is 2.16. The van der Waals surface area contributed by atoms with Crippen LogP contribution in [0.2, 0.25) is 0 Å².